The molecule has 0 saturated heterocycles. The Morgan fingerprint density at radius 3 is 2.42 bits per heavy atom. The minimum atomic E-state index is 0.0862. The van der Waals surface area contributed by atoms with E-state index in [0.717, 1.165) is 17.7 Å². The highest BCUT2D eigenvalue weighted by Gasteiger charge is 2.06. The quantitative estimate of drug-likeness (QED) is 0.877. The van der Waals surface area contributed by atoms with Crippen molar-refractivity contribution in [1.29, 1.82) is 0 Å². The van der Waals surface area contributed by atoms with Gasteiger partial charge < -0.3 is 9.88 Å². The standard InChI is InChI=1S/C16H20N2O/c1-3-13(2)17-16(19)12-14-6-8-15(9-7-14)18-10-4-5-11-18/h4-11,13H,3,12H2,1-2H3,(H,17,19). The van der Waals surface area contributed by atoms with Crippen LogP contribution in [0.15, 0.2) is 48.8 Å². The van der Waals surface area contributed by atoms with Gasteiger partial charge in [0.05, 0.1) is 6.42 Å². The molecular weight excluding hydrogens is 236 g/mol. The van der Waals surface area contributed by atoms with Crippen molar-refractivity contribution in [3.63, 3.8) is 0 Å². The van der Waals surface area contributed by atoms with Crippen LogP contribution in [0.3, 0.4) is 0 Å². The van der Waals surface area contributed by atoms with Crippen molar-refractivity contribution in [2.75, 3.05) is 0 Å². The first-order valence-corrected chi connectivity index (χ1v) is 6.70. The Morgan fingerprint density at radius 1 is 1.21 bits per heavy atom. The van der Waals surface area contributed by atoms with Crippen molar-refractivity contribution in [3.05, 3.63) is 54.4 Å². The first-order valence-electron chi connectivity index (χ1n) is 6.70. The molecule has 1 unspecified atom stereocenters. The first-order chi connectivity index (χ1) is 9.19. The molecule has 0 aliphatic heterocycles. The van der Waals surface area contributed by atoms with E-state index in [-0.39, 0.29) is 11.9 Å². The van der Waals surface area contributed by atoms with Crippen molar-refractivity contribution in [3.8, 4) is 5.69 Å². The second-order valence-corrected chi connectivity index (χ2v) is 4.81. The van der Waals surface area contributed by atoms with Gasteiger partial charge >= 0.3 is 0 Å². The molecular formula is C16H20N2O. The number of carbonyl (C=O) groups excluding carboxylic acids is 1. The summed E-state index contributed by atoms with van der Waals surface area (Å²) < 4.78 is 2.04. The number of benzene rings is 1. The molecule has 3 heteroatoms. The van der Waals surface area contributed by atoms with Crippen LogP contribution in [0, 0.1) is 0 Å². The third kappa shape index (κ3) is 3.71. The second-order valence-electron chi connectivity index (χ2n) is 4.81. The van der Waals surface area contributed by atoms with Gasteiger partial charge in [0.1, 0.15) is 0 Å². The topological polar surface area (TPSA) is 34.0 Å². The molecule has 1 heterocycles. The van der Waals surface area contributed by atoms with Gasteiger partial charge in [-0.2, -0.15) is 0 Å². The monoisotopic (exact) mass is 256 g/mol. The average Bonchev–Trinajstić information content (AvgIpc) is 2.93. The van der Waals surface area contributed by atoms with Gasteiger partial charge in [-0.1, -0.05) is 19.1 Å². The summed E-state index contributed by atoms with van der Waals surface area (Å²) in [6, 6.07) is 12.3. The Morgan fingerprint density at radius 2 is 1.84 bits per heavy atom. The van der Waals surface area contributed by atoms with Gasteiger partial charge in [0.25, 0.3) is 0 Å². The second kappa shape index (κ2) is 6.23. The Hall–Kier alpha value is -2.03. The van der Waals surface area contributed by atoms with E-state index in [2.05, 4.69) is 12.2 Å². The summed E-state index contributed by atoms with van der Waals surface area (Å²) in [5.41, 5.74) is 2.15. The maximum atomic E-state index is 11.8. The maximum absolute atomic E-state index is 11.8. The predicted molar refractivity (Wildman–Crippen MR) is 77.4 cm³/mol. The number of nitrogens with zero attached hydrogens (tertiary/aromatic N) is 1. The van der Waals surface area contributed by atoms with Gasteiger partial charge in [0.15, 0.2) is 0 Å². The Balaban J connectivity index is 1.97. The minimum Gasteiger partial charge on any atom is -0.353 e. The molecule has 19 heavy (non-hydrogen) atoms. The smallest absolute Gasteiger partial charge is 0.224 e. The minimum absolute atomic E-state index is 0.0862. The Labute approximate surface area is 114 Å². The predicted octanol–water partition coefficient (Wildman–Crippen LogP) is 2.93. The lowest BCUT2D eigenvalue weighted by molar-refractivity contribution is -0.121. The summed E-state index contributed by atoms with van der Waals surface area (Å²) in [6.07, 6.45) is 5.41. The number of nitrogens with one attached hydrogen (secondary N) is 1. The molecule has 2 rings (SSSR count). The molecule has 2 aromatic rings. The Kier molecular flexibility index (Phi) is 4.39. The van der Waals surface area contributed by atoms with Gasteiger partial charge in [-0.15, -0.1) is 0 Å². The zero-order chi connectivity index (χ0) is 13.7. The maximum Gasteiger partial charge on any atom is 0.224 e. The fourth-order valence-electron chi connectivity index (χ4n) is 1.91. The number of hydrogen-bond acceptors (Lipinski definition) is 1. The molecule has 0 aliphatic carbocycles. The van der Waals surface area contributed by atoms with Crippen LogP contribution in [0.25, 0.3) is 5.69 Å². The van der Waals surface area contributed by atoms with Crippen LogP contribution in [0.1, 0.15) is 25.8 Å². The van der Waals surface area contributed by atoms with Crippen molar-refractivity contribution in [2.24, 2.45) is 0 Å². The molecule has 1 aromatic carbocycles. The summed E-state index contributed by atoms with van der Waals surface area (Å²) >= 11 is 0. The lowest BCUT2D eigenvalue weighted by atomic mass is 10.1. The van der Waals surface area contributed by atoms with E-state index in [0.29, 0.717) is 6.42 Å². The van der Waals surface area contributed by atoms with E-state index in [1.807, 2.05) is 60.3 Å². The summed E-state index contributed by atoms with van der Waals surface area (Å²) in [5.74, 6) is 0.0862. The molecule has 0 saturated carbocycles. The highest BCUT2D eigenvalue weighted by molar-refractivity contribution is 5.78. The molecule has 0 fully saturated rings. The number of amides is 1. The van der Waals surface area contributed by atoms with E-state index >= 15 is 0 Å². The third-order valence-electron chi connectivity index (χ3n) is 3.22. The van der Waals surface area contributed by atoms with Crippen molar-refractivity contribution < 1.29 is 4.79 Å². The molecule has 0 spiro atoms. The van der Waals surface area contributed by atoms with Gasteiger partial charge in [0, 0.05) is 24.1 Å². The highest BCUT2D eigenvalue weighted by Crippen LogP contribution is 2.10. The van der Waals surface area contributed by atoms with Crippen LogP contribution < -0.4 is 5.32 Å². The average molecular weight is 256 g/mol. The highest BCUT2D eigenvalue weighted by atomic mass is 16.1. The molecule has 0 bridgehead atoms. The largest absolute Gasteiger partial charge is 0.353 e. The zero-order valence-corrected chi connectivity index (χ0v) is 11.5. The number of carbonyl (C=O) groups is 1. The van der Waals surface area contributed by atoms with Crippen LogP contribution in [0.5, 0.6) is 0 Å². The number of aromatic nitrogens is 1. The summed E-state index contributed by atoms with van der Waals surface area (Å²) in [7, 11) is 0. The molecule has 1 atom stereocenters. The van der Waals surface area contributed by atoms with E-state index < -0.39 is 0 Å². The van der Waals surface area contributed by atoms with Crippen LogP contribution in [-0.2, 0) is 11.2 Å². The molecule has 100 valence electrons. The molecule has 1 N–H and O–H groups in total. The third-order valence-corrected chi connectivity index (χ3v) is 3.22. The lowest BCUT2D eigenvalue weighted by Gasteiger charge is -2.11. The molecule has 1 aromatic heterocycles. The summed E-state index contributed by atoms with van der Waals surface area (Å²) in [6.45, 7) is 4.09. The fourth-order valence-corrected chi connectivity index (χ4v) is 1.91. The normalized spacial score (nSPS) is 12.1. The van der Waals surface area contributed by atoms with Gasteiger partial charge in [-0.25, -0.2) is 0 Å². The van der Waals surface area contributed by atoms with Crippen LogP contribution >= 0.6 is 0 Å². The van der Waals surface area contributed by atoms with E-state index in [1.54, 1.807) is 0 Å². The molecule has 1 amide bonds. The number of hydrogen-bond donors (Lipinski definition) is 1. The number of rotatable bonds is 5. The van der Waals surface area contributed by atoms with Gasteiger partial charge in [-0.05, 0) is 43.2 Å². The Bertz CT molecular complexity index is 514. The summed E-state index contributed by atoms with van der Waals surface area (Å²) in [4.78, 5) is 11.8. The summed E-state index contributed by atoms with van der Waals surface area (Å²) in [5, 5.41) is 2.98. The van der Waals surface area contributed by atoms with E-state index in [9.17, 15) is 4.79 Å². The molecule has 0 radical (unpaired) electrons. The van der Waals surface area contributed by atoms with Gasteiger partial charge in [0.2, 0.25) is 5.91 Å². The molecule has 3 nitrogen and oxygen atoms in total. The van der Waals surface area contributed by atoms with Crippen molar-refractivity contribution in [1.82, 2.24) is 9.88 Å². The van der Waals surface area contributed by atoms with E-state index in [4.69, 9.17) is 0 Å². The van der Waals surface area contributed by atoms with Crippen LogP contribution in [0.2, 0.25) is 0 Å². The van der Waals surface area contributed by atoms with Crippen LogP contribution in [0.4, 0.5) is 0 Å². The van der Waals surface area contributed by atoms with Crippen molar-refractivity contribution in [2.45, 2.75) is 32.7 Å². The first kappa shape index (κ1) is 13.4. The van der Waals surface area contributed by atoms with Crippen molar-refractivity contribution >= 4 is 5.91 Å². The zero-order valence-electron chi connectivity index (χ0n) is 11.5. The SMILES string of the molecule is CCC(C)NC(=O)Cc1ccc(-n2cccc2)cc1. The fraction of sp³-hybridized carbons (Fsp3) is 0.312. The van der Waals surface area contributed by atoms with E-state index in [1.165, 1.54) is 0 Å². The van der Waals surface area contributed by atoms with Gasteiger partial charge in [-0.3, -0.25) is 4.79 Å². The molecule has 0 aliphatic rings. The lowest BCUT2D eigenvalue weighted by Crippen LogP contribution is -2.33. The van der Waals surface area contributed by atoms with Crippen LogP contribution in [-0.4, -0.2) is 16.5 Å².